The minimum Gasteiger partial charge on any atom is -0.326 e. The Morgan fingerprint density at radius 2 is 1.96 bits per heavy atom. The zero-order valence-corrected chi connectivity index (χ0v) is 15.6. The molecular formula is C17H29N3O3S. The van der Waals surface area contributed by atoms with Gasteiger partial charge in [0.05, 0.1) is 24.1 Å². The van der Waals surface area contributed by atoms with Crippen molar-refractivity contribution in [2.45, 2.75) is 63.5 Å². The number of carbonyl (C=O) groups excluding carboxylic acids is 1. The molecule has 1 amide bonds. The molecule has 2 rings (SSSR count). The van der Waals surface area contributed by atoms with Crippen molar-refractivity contribution in [3.63, 3.8) is 0 Å². The van der Waals surface area contributed by atoms with E-state index in [1.165, 1.54) is 0 Å². The molecular weight excluding hydrogens is 326 g/mol. The Hall–Kier alpha value is -1.13. The van der Waals surface area contributed by atoms with Crippen LogP contribution in [0.1, 0.15) is 51.9 Å². The van der Waals surface area contributed by atoms with Crippen LogP contribution in [0.25, 0.3) is 0 Å². The molecule has 0 spiro atoms. The summed E-state index contributed by atoms with van der Waals surface area (Å²) in [5.41, 5.74) is -0.686. The molecule has 24 heavy (non-hydrogen) atoms. The Kier molecular flexibility index (Phi) is 6.27. The van der Waals surface area contributed by atoms with Gasteiger partial charge in [-0.05, 0) is 32.2 Å². The molecule has 1 unspecified atom stereocenters. The monoisotopic (exact) mass is 355 g/mol. The lowest BCUT2D eigenvalue weighted by molar-refractivity contribution is -0.136. The van der Waals surface area contributed by atoms with Crippen molar-refractivity contribution in [3.8, 4) is 6.07 Å². The Bertz CT molecular complexity index is 591. The molecule has 7 heteroatoms. The third-order valence-electron chi connectivity index (χ3n) is 5.48. The highest BCUT2D eigenvalue weighted by atomic mass is 32.2. The average Bonchev–Trinajstić information content (AvgIpc) is 2.94. The standard InChI is InChI=1S/C17H29N3O3S/c1-3-10-20(15-7-11-24(22,23)13-15)12-16(21)19(2)17(14-18)8-5-4-6-9-17/h15H,3-13H2,1-2H3. The summed E-state index contributed by atoms with van der Waals surface area (Å²) < 4.78 is 23.5. The molecule has 0 bridgehead atoms. The van der Waals surface area contributed by atoms with Gasteiger partial charge in [0.1, 0.15) is 5.54 Å². The number of rotatable bonds is 6. The van der Waals surface area contributed by atoms with Crippen molar-refractivity contribution in [2.24, 2.45) is 0 Å². The normalized spacial score (nSPS) is 25.3. The van der Waals surface area contributed by atoms with Crippen molar-refractivity contribution in [3.05, 3.63) is 0 Å². The zero-order valence-electron chi connectivity index (χ0n) is 14.8. The second-order valence-electron chi connectivity index (χ2n) is 7.18. The summed E-state index contributed by atoms with van der Waals surface area (Å²) in [6.45, 7) is 2.94. The highest BCUT2D eigenvalue weighted by Gasteiger charge is 2.40. The van der Waals surface area contributed by atoms with Crippen LogP contribution in [-0.2, 0) is 14.6 Å². The fourth-order valence-corrected chi connectivity index (χ4v) is 5.68. The minimum atomic E-state index is -2.97. The van der Waals surface area contributed by atoms with E-state index in [2.05, 4.69) is 6.07 Å². The molecule has 1 saturated heterocycles. The fraction of sp³-hybridized carbons (Fsp3) is 0.882. The second-order valence-corrected chi connectivity index (χ2v) is 9.41. The summed E-state index contributed by atoms with van der Waals surface area (Å²) >= 11 is 0. The van der Waals surface area contributed by atoms with Crippen LogP contribution in [0.3, 0.4) is 0 Å². The van der Waals surface area contributed by atoms with Crippen molar-refractivity contribution >= 4 is 15.7 Å². The van der Waals surface area contributed by atoms with Gasteiger partial charge in [-0.3, -0.25) is 9.69 Å². The van der Waals surface area contributed by atoms with E-state index in [4.69, 9.17) is 0 Å². The number of amides is 1. The average molecular weight is 356 g/mol. The van der Waals surface area contributed by atoms with Crippen molar-refractivity contribution in [1.82, 2.24) is 9.80 Å². The molecule has 1 aliphatic heterocycles. The molecule has 1 heterocycles. The molecule has 136 valence electrons. The molecule has 2 fully saturated rings. The molecule has 0 aromatic heterocycles. The summed E-state index contributed by atoms with van der Waals surface area (Å²) in [4.78, 5) is 16.4. The number of hydrogen-bond donors (Lipinski definition) is 0. The summed E-state index contributed by atoms with van der Waals surface area (Å²) in [6, 6.07) is 2.30. The van der Waals surface area contributed by atoms with Crippen LogP contribution in [0.5, 0.6) is 0 Å². The lowest BCUT2D eigenvalue weighted by Gasteiger charge is -2.40. The van der Waals surface area contributed by atoms with Gasteiger partial charge in [0, 0.05) is 13.1 Å². The largest absolute Gasteiger partial charge is 0.326 e. The lowest BCUT2D eigenvalue weighted by atomic mass is 9.81. The van der Waals surface area contributed by atoms with Crippen LogP contribution in [-0.4, -0.2) is 67.3 Å². The van der Waals surface area contributed by atoms with Crippen LogP contribution < -0.4 is 0 Å². The maximum absolute atomic E-state index is 12.8. The minimum absolute atomic E-state index is 0.0725. The first-order valence-electron chi connectivity index (χ1n) is 8.96. The molecule has 0 radical (unpaired) electrons. The van der Waals surface area contributed by atoms with Gasteiger partial charge in [-0.15, -0.1) is 0 Å². The van der Waals surface area contributed by atoms with E-state index in [1.54, 1.807) is 11.9 Å². The Labute approximate surface area is 145 Å². The summed E-state index contributed by atoms with van der Waals surface area (Å²) in [5, 5.41) is 9.64. The quantitative estimate of drug-likeness (QED) is 0.722. The highest BCUT2D eigenvalue weighted by molar-refractivity contribution is 7.91. The van der Waals surface area contributed by atoms with Crippen LogP contribution in [0.15, 0.2) is 0 Å². The van der Waals surface area contributed by atoms with E-state index in [-0.39, 0.29) is 30.0 Å². The predicted molar refractivity (Wildman–Crippen MR) is 93.1 cm³/mol. The molecule has 1 saturated carbocycles. The molecule has 2 aliphatic rings. The van der Waals surface area contributed by atoms with Gasteiger partial charge in [-0.1, -0.05) is 26.2 Å². The number of hydrogen-bond acceptors (Lipinski definition) is 5. The van der Waals surface area contributed by atoms with Gasteiger partial charge in [0.25, 0.3) is 0 Å². The van der Waals surface area contributed by atoms with Crippen molar-refractivity contribution in [1.29, 1.82) is 5.26 Å². The molecule has 6 nitrogen and oxygen atoms in total. The van der Waals surface area contributed by atoms with Gasteiger partial charge < -0.3 is 4.90 Å². The Morgan fingerprint density at radius 1 is 1.29 bits per heavy atom. The first-order chi connectivity index (χ1) is 11.3. The molecule has 0 aromatic carbocycles. The SMILES string of the molecule is CCCN(CC(=O)N(C)C1(C#N)CCCCC1)C1CCS(=O)(=O)C1. The van der Waals surface area contributed by atoms with Crippen LogP contribution in [0.2, 0.25) is 0 Å². The van der Waals surface area contributed by atoms with Crippen molar-refractivity contribution < 1.29 is 13.2 Å². The van der Waals surface area contributed by atoms with Crippen LogP contribution >= 0.6 is 0 Å². The third kappa shape index (κ3) is 4.28. The Balaban J connectivity index is 2.05. The number of carbonyl (C=O) groups is 1. The highest BCUT2D eigenvalue weighted by Crippen LogP contribution is 2.32. The van der Waals surface area contributed by atoms with E-state index in [9.17, 15) is 18.5 Å². The van der Waals surface area contributed by atoms with Gasteiger partial charge in [-0.2, -0.15) is 5.26 Å². The lowest BCUT2D eigenvalue weighted by Crippen LogP contribution is -2.53. The van der Waals surface area contributed by atoms with Gasteiger partial charge in [0.15, 0.2) is 9.84 Å². The maximum Gasteiger partial charge on any atom is 0.237 e. The summed E-state index contributed by atoms with van der Waals surface area (Å²) in [7, 11) is -1.24. The van der Waals surface area contributed by atoms with E-state index >= 15 is 0 Å². The van der Waals surface area contributed by atoms with Gasteiger partial charge in [0.2, 0.25) is 5.91 Å². The topological polar surface area (TPSA) is 81.5 Å². The number of sulfone groups is 1. The third-order valence-corrected chi connectivity index (χ3v) is 7.23. The first kappa shape index (κ1) is 19.2. The zero-order chi connectivity index (χ0) is 17.8. The molecule has 1 aliphatic carbocycles. The van der Waals surface area contributed by atoms with Gasteiger partial charge in [-0.25, -0.2) is 8.42 Å². The fourth-order valence-electron chi connectivity index (χ4n) is 3.92. The van der Waals surface area contributed by atoms with E-state index in [0.29, 0.717) is 13.0 Å². The first-order valence-corrected chi connectivity index (χ1v) is 10.8. The summed E-state index contributed by atoms with van der Waals surface area (Å²) in [6.07, 6.45) is 6.01. The van der Waals surface area contributed by atoms with E-state index in [1.807, 2.05) is 11.8 Å². The number of nitriles is 1. The second kappa shape index (κ2) is 7.83. The summed E-state index contributed by atoms with van der Waals surface area (Å²) in [5.74, 6) is 0.286. The van der Waals surface area contributed by atoms with Crippen LogP contribution in [0, 0.1) is 11.3 Å². The maximum atomic E-state index is 12.8. The van der Waals surface area contributed by atoms with Crippen LogP contribution in [0.4, 0.5) is 0 Å². The smallest absolute Gasteiger partial charge is 0.237 e. The number of likely N-dealkylation sites (N-methyl/N-ethyl adjacent to an activating group) is 1. The van der Waals surface area contributed by atoms with E-state index in [0.717, 1.165) is 38.5 Å². The van der Waals surface area contributed by atoms with Crippen molar-refractivity contribution in [2.75, 3.05) is 31.6 Å². The Morgan fingerprint density at radius 3 is 2.46 bits per heavy atom. The van der Waals surface area contributed by atoms with E-state index < -0.39 is 15.4 Å². The molecule has 0 aromatic rings. The molecule has 1 atom stereocenters. The molecule has 0 N–H and O–H groups in total. The predicted octanol–water partition coefficient (Wildman–Crippen LogP) is 1.57. The number of nitrogens with zero attached hydrogens (tertiary/aromatic N) is 3. The van der Waals surface area contributed by atoms with Gasteiger partial charge >= 0.3 is 0 Å².